The Morgan fingerprint density at radius 2 is 1.48 bits per heavy atom. The summed E-state index contributed by atoms with van der Waals surface area (Å²) in [5.74, 6) is -0.931. The van der Waals surface area contributed by atoms with Gasteiger partial charge in [0, 0.05) is 5.56 Å². The zero-order valence-corrected chi connectivity index (χ0v) is 12.7. The van der Waals surface area contributed by atoms with Crippen molar-refractivity contribution < 1.29 is 19.8 Å². The molecule has 0 saturated carbocycles. The van der Waals surface area contributed by atoms with Crippen molar-refractivity contribution in [2.45, 2.75) is 25.0 Å². The van der Waals surface area contributed by atoms with E-state index in [4.69, 9.17) is 15.9 Å². The lowest BCUT2D eigenvalue weighted by molar-refractivity contribution is -0.140. The molecular weight excluding hydrogens is 294 g/mol. The van der Waals surface area contributed by atoms with Gasteiger partial charge < -0.3 is 15.9 Å². The number of aliphatic hydroxyl groups is 1. The molecule has 5 heteroatoms. The minimum absolute atomic E-state index is 0.0300. The summed E-state index contributed by atoms with van der Waals surface area (Å²) >= 11 is 0. The van der Waals surface area contributed by atoms with Gasteiger partial charge in [-0.2, -0.15) is 0 Å². The Bertz CT molecular complexity index is 674. The first-order valence-electron chi connectivity index (χ1n) is 7.28. The average Bonchev–Trinajstić information content (AvgIpc) is 3.29. The number of ketones is 1. The lowest BCUT2D eigenvalue weighted by Gasteiger charge is -2.06. The van der Waals surface area contributed by atoms with Crippen LogP contribution in [0.1, 0.15) is 34.3 Å². The lowest BCUT2D eigenvalue weighted by Crippen LogP contribution is -2.39. The number of carboxylic acid groups (broad SMARTS) is 1. The molecule has 0 aromatic heterocycles. The normalized spacial score (nSPS) is 14.7. The topological polar surface area (TPSA) is 101 Å². The first-order chi connectivity index (χ1) is 10.9. The fourth-order valence-corrected chi connectivity index (χ4v) is 2.22. The zero-order valence-electron chi connectivity index (χ0n) is 12.7. The fraction of sp³-hybridized carbons (Fsp3) is 0.222. The summed E-state index contributed by atoms with van der Waals surface area (Å²) < 4.78 is 0. The largest absolute Gasteiger partial charge is 0.480 e. The van der Waals surface area contributed by atoms with Crippen LogP contribution in [0.5, 0.6) is 0 Å². The maximum absolute atomic E-state index is 12.1. The molecule has 4 N–H and O–H groups in total. The number of aliphatic carboxylic acids is 1. The van der Waals surface area contributed by atoms with Crippen LogP contribution in [0.25, 0.3) is 0 Å². The molecule has 0 fully saturated rings. The van der Waals surface area contributed by atoms with Gasteiger partial charge in [0.05, 0.1) is 12.0 Å². The van der Waals surface area contributed by atoms with Crippen LogP contribution in [0, 0.1) is 0 Å². The molecular formula is C18H19NO4. The molecule has 2 aromatic carbocycles. The van der Waals surface area contributed by atoms with E-state index < -0.39 is 18.1 Å². The average molecular weight is 313 g/mol. The van der Waals surface area contributed by atoms with Crippen molar-refractivity contribution in [1.82, 2.24) is 0 Å². The summed E-state index contributed by atoms with van der Waals surface area (Å²) in [6.07, 6.45) is -0.979. The predicted molar refractivity (Wildman–Crippen MR) is 86.3 cm³/mol. The molecule has 0 radical (unpaired) electrons. The highest BCUT2D eigenvalue weighted by Crippen LogP contribution is 2.44. The molecule has 0 spiro atoms. The Balaban J connectivity index is 0.000000207. The number of rotatable bonds is 4. The number of Topliss-reactive ketones (excluding diaryl/α,β-unsaturated/α-hetero) is 1. The van der Waals surface area contributed by atoms with Crippen molar-refractivity contribution in [3.63, 3.8) is 0 Å². The molecule has 3 rings (SSSR count). The van der Waals surface area contributed by atoms with E-state index >= 15 is 0 Å². The van der Waals surface area contributed by atoms with Gasteiger partial charge in [0.2, 0.25) is 0 Å². The monoisotopic (exact) mass is 313 g/mol. The third-order valence-corrected chi connectivity index (χ3v) is 3.66. The molecule has 0 amide bonds. The molecule has 0 bridgehead atoms. The molecule has 0 saturated heterocycles. The highest BCUT2D eigenvalue weighted by atomic mass is 16.4. The number of benzene rings is 2. The molecule has 2 aromatic rings. The predicted octanol–water partition coefficient (Wildman–Crippen LogP) is 1.79. The Morgan fingerprint density at radius 3 is 1.87 bits per heavy atom. The van der Waals surface area contributed by atoms with Crippen LogP contribution < -0.4 is 5.73 Å². The summed E-state index contributed by atoms with van der Waals surface area (Å²) in [6, 6.07) is 16.4. The lowest BCUT2D eigenvalue weighted by atomic mass is 10.1. The Hall–Kier alpha value is -2.50. The Kier molecular flexibility index (Phi) is 5.26. The number of hydrogen-bond donors (Lipinski definition) is 3. The first-order valence-corrected chi connectivity index (χ1v) is 7.28. The summed E-state index contributed by atoms with van der Waals surface area (Å²) in [4.78, 5) is 21.9. The van der Waals surface area contributed by atoms with E-state index in [1.54, 1.807) is 0 Å². The van der Waals surface area contributed by atoms with E-state index in [1.807, 2.05) is 54.6 Å². The molecule has 1 aliphatic rings. The summed E-state index contributed by atoms with van der Waals surface area (Å²) in [5, 5.41) is 16.6. The molecule has 23 heavy (non-hydrogen) atoms. The van der Waals surface area contributed by atoms with E-state index in [2.05, 4.69) is 0 Å². The second kappa shape index (κ2) is 7.17. The van der Waals surface area contributed by atoms with E-state index in [1.165, 1.54) is 18.1 Å². The van der Waals surface area contributed by atoms with Crippen LogP contribution in [-0.2, 0) is 4.79 Å². The number of carbonyl (C=O) groups excluding carboxylic acids is 1. The van der Waals surface area contributed by atoms with Gasteiger partial charge in [-0.25, -0.2) is 0 Å². The van der Waals surface area contributed by atoms with E-state index in [0.717, 1.165) is 5.56 Å². The SMILES string of the molecule is C[C@H](O)[C@@H](N)C(=O)O.O=C(c1ccccc1)C1c2ccccc21. The third kappa shape index (κ3) is 4.03. The van der Waals surface area contributed by atoms with Crippen molar-refractivity contribution in [2.75, 3.05) is 0 Å². The molecule has 0 heterocycles. The second-order valence-electron chi connectivity index (χ2n) is 5.40. The van der Waals surface area contributed by atoms with Gasteiger partial charge in [-0.3, -0.25) is 9.59 Å². The molecule has 2 atom stereocenters. The number of nitrogens with two attached hydrogens (primary N) is 1. The van der Waals surface area contributed by atoms with Crippen molar-refractivity contribution in [3.8, 4) is 0 Å². The molecule has 5 nitrogen and oxygen atoms in total. The van der Waals surface area contributed by atoms with Crippen LogP contribution in [0.3, 0.4) is 0 Å². The van der Waals surface area contributed by atoms with Gasteiger partial charge >= 0.3 is 5.97 Å². The summed E-state index contributed by atoms with van der Waals surface area (Å²) in [7, 11) is 0. The van der Waals surface area contributed by atoms with Gasteiger partial charge in [0.1, 0.15) is 6.04 Å². The zero-order chi connectivity index (χ0) is 17.0. The molecule has 1 aliphatic carbocycles. The first kappa shape index (κ1) is 16.9. The van der Waals surface area contributed by atoms with Crippen molar-refractivity contribution in [1.29, 1.82) is 0 Å². The van der Waals surface area contributed by atoms with E-state index in [-0.39, 0.29) is 11.7 Å². The van der Waals surface area contributed by atoms with Crippen LogP contribution in [-0.4, -0.2) is 34.1 Å². The summed E-state index contributed by atoms with van der Waals surface area (Å²) in [6.45, 7) is 1.33. The standard InChI is InChI=1S/C14H10O.C4H9NO3/c15-14(10-6-2-1-3-7-10)13-11-8-4-5-9-12(11)13;1-2(6)3(5)4(7)8/h1-9,13H;2-3,6H,5H2,1H3,(H,7,8)/t;2-,3+/m.0/s1. The van der Waals surface area contributed by atoms with Gasteiger partial charge in [-0.15, -0.1) is 0 Å². The smallest absolute Gasteiger partial charge is 0.323 e. The maximum atomic E-state index is 12.1. The summed E-state index contributed by atoms with van der Waals surface area (Å²) in [5.41, 5.74) is 8.09. The Labute approximate surface area is 134 Å². The highest BCUT2D eigenvalue weighted by molar-refractivity contribution is 6.07. The minimum Gasteiger partial charge on any atom is -0.480 e. The molecule has 0 unspecified atom stereocenters. The number of aliphatic hydroxyl groups excluding tert-OH is 1. The Morgan fingerprint density at radius 1 is 1.00 bits per heavy atom. The van der Waals surface area contributed by atoms with Crippen LogP contribution in [0.15, 0.2) is 54.6 Å². The van der Waals surface area contributed by atoms with Gasteiger partial charge in [-0.05, 0) is 18.1 Å². The van der Waals surface area contributed by atoms with E-state index in [0.29, 0.717) is 0 Å². The van der Waals surface area contributed by atoms with Crippen molar-refractivity contribution in [3.05, 3.63) is 71.3 Å². The maximum Gasteiger partial charge on any atom is 0.323 e. The van der Waals surface area contributed by atoms with Crippen LogP contribution in [0.4, 0.5) is 0 Å². The number of carboxylic acids is 1. The highest BCUT2D eigenvalue weighted by Gasteiger charge is 2.38. The van der Waals surface area contributed by atoms with Gasteiger partial charge in [0.25, 0.3) is 0 Å². The minimum atomic E-state index is -1.18. The van der Waals surface area contributed by atoms with Crippen LogP contribution in [0.2, 0.25) is 0 Å². The van der Waals surface area contributed by atoms with Crippen molar-refractivity contribution >= 4 is 11.8 Å². The number of fused-ring (bicyclic) bond motifs is 1. The molecule has 120 valence electrons. The van der Waals surface area contributed by atoms with E-state index in [9.17, 15) is 9.59 Å². The van der Waals surface area contributed by atoms with Gasteiger partial charge in [0.15, 0.2) is 5.78 Å². The number of hydrogen-bond acceptors (Lipinski definition) is 4. The van der Waals surface area contributed by atoms with Crippen molar-refractivity contribution in [2.24, 2.45) is 5.73 Å². The fourth-order valence-electron chi connectivity index (χ4n) is 2.22. The third-order valence-electron chi connectivity index (χ3n) is 3.66. The quantitative estimate of drug-likeness (QED) is 0.747. The number of carbonyl (C=O) groups is 2. The molecule has 0 aliphatic heterocycles. The van der Waals surface area contributed by atoms with Crippen LogP contribution >= 0.6 is 0 Å². The second-order valence-corrected chi connectivity index (χ2v) is 5.40. The van der Waals surface area contributed by atoms with Gasteiger partial charge in [-0.1, -0.05) is 54.6 Å².